The average molecular weight is 384 g/mol. The Bertz CT molecular complexity index is 813. The van der Waals surface area contributed by atoms with E-state index in [2.05, 4.69) is 16.0 Å². The number of nitrogens with zero attached hydrogens (tertiary/aromatic N) is 1. The largest absolute Gasteiger partial charge is 0.467 e. The summed E-state index contributed by atoms with van der Waals surface area (Å²) >= 11 is 0. The van der Waals surface area contributed by atoms with Crippen molar-refractivity contribution in [2.75, 3.05) is 13.6 Å². The van der Waals surface area contributed by atoms with Crippen molar-refractivity contribution in [1.29, 1.82) is 0 Å². The van der Waals surface area contributed by atoms with Crippen molar-refractivity contribution in [3.05, 3.63) is 59.5 Å². The lowest BCUT2D eigenvalue weighted by Crippen LogP contribution is -2.44. The van der Waals surface area contributed by atoms with Gasteiger partial charge in [0.05, 0.1) is 19.4 Å². The fraction of sp³-hybridized carbons (Fsp3) is 0.350. The molecule has 148 valence electrons. The van der Waals surface area contributed by atoms with Crippen LogP contribution in [0.3, 0.4) is 0 Å². The number of carbonyl (C=O) groups excluding carboxylic acids is 3. The molecule has 1 aromatic carbocycles. The number of hydrogen-bond donors (Lipinski definition) is 3. The van der Waals surface area contributed by atoms with E-state index in [0.717, 1.165) is 18.4 Å². The number of hydrogen-bond acceptors (Lipinski definition) is 5. The molecule has 8 heteroatoms. The standard InChI is InChI=1S/C20H24N4O4/c1-21-19(26)15-6-4-14(5-7-15)12-24(16-8-9-16)13-18(25)23-20(27)22-11-17-3-2-10-28-17/h2-7,10,16H,8-9,11-13H2,1H3,(H,21,26)(H2,22,23,25,27). The lowest BCUT2D eigenvalue weighted by molar-refractivity contribution is -0.121. The second kappa shape index (κ2) is 9.18. The van der Waals surface area contributed by atoms with E-state index in [0.29, 0.717) is 23.9 Å². The number of rotatable bonds is 8. The first-order chi connectivity index (χ1) is 13.5. The smallest absolute Gasteiger partial charge is 0.321 e. The maximum Gasteiger partial charge on any atom is 0.321 e. The molecule has 8 nitrogen and oxygen atoms in total. The molecule has 0 atom stereocenters. The Morgan fingerprint density at radius 1 is 1.14 bits per heavy atom. The summed E-state index contributed by atoms with van der Waals surface area (Å²) in [4.78, 5) is 37.8. The second-order valence-electron chi connectivity index (χ2n) is 6.72. The predicted octanol–water partition coefficient (Wildman–Crippen LogP) is 1.63. The van der Waals surface area contributed by atoms with E-state index < -0.39 is 6.03 Å². The number of urea groups is 1. The Hall–Kier alpha value is -3.13. The number of nitrogens with one attached hydrogen (secondary N) is 3. The van der Waals surface area contributed by atoms with Crippen LogP contribution >= 0.6 is 0 Å². The summed E-state index contributed by atoms with van der Waals surface area (Å²) in [5.41, 5.74) is 1.60. The minimum absolute atomic E-state index is 0.134. The predicted molar refractivity (Wildman–Crippen MR) is 102 cm³/mol. The molecule has 28 heavy (non-hydrogen) atoms. The highest BCUT2D eigenvalue weighted by molar-refractivity contribution is 5.95. The minimum atomic E-state index is -0.549. The highest BCUT2D eigenvalue weighted by Crippen LogP contribution is 2.28. The van der Waals surface area contributed by atoms with Crippen LogP contribution in [0.15, 0.2) is 47.1 Å². The van der Waals surface area contributed by atoms with E-state index in [-0.39, 0.29) is 24.9 Å². The monoisotopic (exact) mass is 384 g/mol. The van der Waals surface area contributed by atoms with Crippen LogP contribution in [0.1, 0.15) is 34.5 Å². The first-order valence-corrected chi connectivity index (χ1v) is 9.20. The summed E-state index contributed by atoms with van der Waals surface area (Å²) in [6.07, 6.45) is 3.59. The number of furan rings is 1. The zero-order chi connectivity index (χ0) is 19.9. The molecule has 1 aromatic heterocycles. The van der Waals surface area contributed by atoms with Gasteiger partial charge in [0.25, 0.3) is 5.91 Å². The van der Waals surface area contributed by atoms with Gasteiger partial charge in [0.1, 0.15) is 5.76 Å². The van der Waals surface area contributed by atoms with Gasteiger partial charge in [-0.15, -0.1) is 0 Å². The van der Waals surface area contributed by atoms with Crippen molar-refractivity contribution in [1.82, 2.24) is 20.9 Å². The van der Waals surface area contributed by atoms with Crippen LogP contribution in [0.4, 0.5) is 4.79 Å². The first-order valence-electron chi connectivity index (χ1n) is 9.20. The van der Waals surface area contributed by atoms with Gasteiger partial charge in [-0.2, -0.15) is 0 Å². The Balaban J connectivity index is 1.49. The lowest BCUT2D eigenvalue weighted by atomic mass is 10.1. The van der Waals surface area contributed by atoms with E-state index in [1.165, 1.54) is 6.26 Å². The Morgan fingerprint density at radius 2 is 1.89 bits per heavy atom. The molecule has 2 aromatic rings. The summed E-state index contributed by atoms with van der Waals surface area (Å²) < 4.78 is 5.13. The molecule has 1 saturated carbocycles. The molecule has 1 heterocycles. The van der Waals surface area contributed by atoms with E-state index >= 15 is 0 Å². The minimum Gasteiger partial charge on any atom is -0.467 e. The molecule has 1 aliphatic rings. The van der Waals surface area contributed by atoms with Gasteiger partial charge in [-0.3, -0.25) is 19.8 Å². The van der Waals surface area contributed by atoms with Crippen molar-refractivity contribution >= 4 is 17.8 Å². The van der Waals surface area contributed by atoms with Gasteiger partial charge in [0, 0.05) is 25.2 Å². The molecule has 1 fully saturated rings. The van der Waals surface area contributed by atoms with Gasteiger partial charge >= 0.3 is 6.03 Å². The zero-order valence-electron chi connectivity index (χ0n) is 15.7. The molecule has 0 aliphatic heterocycles. The number of imide groups is 1. The van der Waals surface area contributed by atoms with Crippen LogP contribution in [0.25, 0.3) is 0 Å². The number of amides is 4. The molecule has 0 unspecified atom stereocenters. The van der Waals surface area contributed by atoms with Crippen molar-refractivity contribution in [2.45, 2.75) is 32.0 Å². The molecule has 0 bridgehead atoms. The molecular weight excluding hydrogens is 360 g/mol. The van der Waals surface area contributed by atoms with Crippen LogP contribution in [0.5, 0.6) is 0 Å². The van der Waals surface area contributed by atoms with Crippen molar-refractivity contribution in [3.63, 3.8) is 0 Å². The molecule has 3 rings (SSSR count). The molecule has 0 spiro atoms. The summed E-state index contributed by atoms with van der Waals surface area (Å²) in [5, 5.41) is 7.52. The molecule has 0 saturated heterocycles. The van der Waals surface area contributed by atoms with Crippen molar-refractivity contribution < 1.29 is 18.8 Å². The second-order valence-corrected chi connectivity index (χ2v) is 6.72. The molecule has 0 radical (unpaired) electrons. The Labute approximate surface area is 163 Å². The van der Waals surface area contributed by atoms with Gasteiger partial charge in [-0.1, -0.05) is 12.1 Å². The first kappa shape index (κ1) is 19.6. The highest BCUT2D eigenvalue weighted by atomic mass is 16.3. The fourth-order valence-corrected chi connectivity index (χ4v) is 2.87. The zero-order valence-corrected chi connectivity index (χ0v) is 15.7. The fourth-order valence-electron chi connectivity index (χ4n) is 2.87. The van der Waals surface area contributed by atoms with Crippen LogP contribution in [-0.2, 0) is 17.9 Å². The van der Waals surface area contributed by atoms with Gasteiger partial charge in [0.2, 0.25) is 5.91 Å². The quantitative estimate of drug-likeness (QED) is 0.642. The molecular formula is C20H24N4O4. The maximum absolute atomic E-state index is 12.2. The van der Waals surface area contributed by atoms with Crippen molar-refractivity contribution in [2.24, 2.45) is 0 Å². The lowest BCUT2D eigenvalue weighted by Gasteiger charge is -2.21. The topological polar surface area (TPSA) is 104 Å². The Morgan fingerprint density at radius 3 is 2.50 bits per heavy atom. The summed E-state index contributed by atoms with van der Waals surface area (Å²) in [7, 11) is 1.59. The molecule has 3 N–H and O–H groups in total. The van der Waals surface area contributed by atoms with Gasteiger partial charge in [-0.25, -0.2) is 4.79 Å². The third-order valence-corrected chi connectivity index (χ3v) is 4.50. The van der Waals surface area contributed by atoms with Crippen LogP contribution in [0.2, 0.25) is 0 Å². The van der Waals surface area contributed by atoms with E-state index in [4.69, 9.17) is 4.42 Å². The van der Waals surface area contributed by atoms with Crippen LogP contribution in [0, 0.1) is 0 Å². The third kappa shape index (κ3) is 5.68. The summed E-state index contributed by atoms with van der Waals surface area (Å²) in [5.74, 6) is 0.124. The number of benzene rings is 1. The summed E-state index contributed by atoms with van der Waals surface area (Å²) in [6.45, 7) is 0.937. The number of carbonyl (C=O) groups is 3. The van der Waals surface area contributed by atoms with Gasteiger partial charge in [-0.05, 0) is 42.7 Å². The average Bonchev–Trinajstić information content (AvgIpc) is 3.41. The normalized spacial score (nSPS) is 13.2. The van der Waals surface area contributed by atoms with E-state index in [9.17, 15) is 14.4 Å². The van der Waals surface area contributed by atoms with E-state index in [1.807, 2.05) is 17.0 Å². The summed E-state index contributed by atoms with van der Waals surface area (Å²) in [6, 6.07) is 10.6. The third-order valence-electron chi connectivity index (χ3n) is 4.50. The van der Waals surface area contributed by atoms with Crippen molar-refractivity contribution in [3.8, 4) is 0 Å². The maximum atomic E-state index is 12.2. The van der Waals surface area contributed by atoms with Gasteiger partial charge < -0.3 is 15.1 Å². The molecule has 4 amide bonds. The van der Waals surface area contributed by atoms with E-state index in [1.54, 1.807) is 31.3 Å². The van der Waals surface area contributed by atoms with Gasteiger partial charge in [0.15, 0.2) is 0 Å². The molecule has 1 aliphatic carbocycles. The highest BCUT2D eigenvalue weighted by Gasteiger charge is 2.30. The van der Waals surface area contributed by atoms with Crippen LogP contribution in [-0.4, -0.2) is 42.4 Å². The SMILES string of the molecule is CNC(=O)c1ccc(CN(CC(=O)NC(=O)NCc2ccco2)C2CC2)cc1. The van der Waals surface area contributed by atoms with Crippen LogP contribution < -0.4 is 16.0 Å². The Kier molecular flexibility index (Phi) is 6.44.